The van der Waals surface area contributed by atoms with Crippen LogP contribution in [0.4, 0.5) is 13.2 Å². The average molecular weight is 459 g/mol. The largest absolute Gasteiger partial charge is 0.256 e. The SMILES string of the molecule is N#CC(C#N)=C1/C(=C2\c3ccccc3-c3ncccc32)C(=C(C#N)C#N)c2c1cc(F)c(F)c2F. The van der Waals surface area contributed by atoms with E-state index in [0.717, 1.165) is 0 Å². The van der Waals surface area contributed by atoms with E-state index < -0.39 is 34.2 Å². The van der Waals surface area contributed by atoms with Gasteiger partial charge in [-0.05, 0) is 23.3 Å². The molecule has 0 aliphatic heterocycles. The summed E-state index contributed by atoms with van der Waals surface area (Å²) in [5.74, 6) is -4.96. The first-order valence-electron chi connectivity index (χ1n) is 10.1. The Bertz CT molecular complexity index is 1690. The molecular weight excluding hydrogens is 451 g/mol. The second-order valence-corrected chi connectivity index (χ2v) is 7.55. The van der Waals surface area contributed by atoms with E-state index in [1.165, 1.54) is 0 Å². The normalized spacial score (nSPS) is 14.7. The molecule has 1 aromatic heterocycles. The van der Waals surface area contributed by atoms with Crippen molar-refractivity contribution in [2.75, 3.05) is 0 Å². The molecule has 5 nitrogen and oxygen atoms in total. The topological polar surface area (TPSA) is 108 Å². The first kappa shape index (κ1) is 21.4. The molecule has 162 valence electrons. The van der Waals surface area contributed by atoms with Gasteiger partial charge in [-0.2, -0.15) is 21.0 Å². The fourth-order valence-electron chi connectivity index (χ4n) is 4.60. The second kappa shape index (κ2) is 7.85. The molecule has 0 saturated carbocycles. The van der Waals surface area contributed by atoms with Gasteiger partial charge in [-0.15, -0.1) is 0 Å². The molecule has 8 heteroatoms. The monoisotopic (exact) mass is 459 g/mol. The maximum absolute atomic E-state index is 15.3. The van der Waals surface area contributed by atoms with E-state index >= 15 is 4.39 Å². The number of aromatic nitrogens is 1. The lowest BCUT2D eigenvalue weighted by atomic mass is 9.88. The van der Waals surface area contributed by atoms with Crippen LogP contribution in [-0.4, -0.2) is 4.98 Å². The zero-order valence-corrected chi connectivity index (χ0v) is 17.5. The van der Waals surface area contributed by atoms with Crippen molar-refractivity contribution >= 4 is 16.7 Å². The van der Waals surface area contributed by atoms with Gasteiger partial charge in [0, 0.05) is 45.2 Å². The van der Waals surface area contributed by atoms with Crippen molar-refractivity contribution < 1.29 is 13.2 Å². The summed E-state index contributed by atoms with van der Waals surface area (Å²) in [5, 5.41) is 38.9. The molecule has 0 amide bonds. The number of hydrogen-bond acceptors (Lipinski definition) is 5. The maximum atomic E-state index is 15.3. The van der Waals surface area contributed by atoms with Crippen LogP contribution in [0.25, 0.3) is 28.0 Å². The molecule has 0 N–H and O–H groups in total. The molecule has 0 bridgehead atoms. The molecular formula is C27H8F3N5. The van der Waals surface area contributed by atoms with Gasteiger partial charge in [-0.25, -0.2) is 13.2 Å². The van der Waals surface area contributed by atoms with Crippen LogP contribution in [0.5, 0.6) is 0 Å². The minimum atomic E-state index is -1.80. The molecule has 1 heterocycles. The Hall–Kier alpha value is -5.44. The molecule has 0 atom stereocenters. The van der Waals surface area contributed by atoms with Gasteiger partial charge in [0.15, 0.2) is 17.5 Å². The molecule has 0 saturated heterocycles. The van der Waals surface area contributed by atoms with Crippen LogP contribution >= 0.6 is 0 Å². The van der Waals surface area contributed by atoms with E-state index in [1.54, 1.807) is 66.9 Å². The van der Waals surface area contributed by atoms with Crippen LogP contribution in [0.1, 0.15) is 22.3 Å². The predicted molar refractivity (Wildman–Crippen MR) is 118 cm³/mol. The molecule has 2 aliphatic carbocycles. The van der Waals surface area contributed by atoms with Gasteiger partial charge >= 0.3 is 0 Å². The quantitative estimate of drug-likeness (QED) is 0.251. The third kappa shape index (κ3) is 2.82. The summed E-state index contributed by atoms with van der Waals surface area (Å²) in [6, 6.07) is 17.9. The van der Waals surface area contributed by atoms with Crippen LogP contribution in [0.3, 0.4) is 0 Å². The molecule has 0 spiro atoms. The number of fused-ring (bicyclic) bond motifs is 4. The molecule has 0 unspecified atom stereocenters. The van der Waals surface area contributed by atoms with Crippen molar-refractivity contribution in [3.63, 3.8) is 0 Å². The molecule has 5 rings (SSSR count). The van der Waals surface area contributed by atoms with Gasteiger partial charge in [0.25, 0.3) is 0 Å². The van der Waals surface area contributed by atoms with Gasteiger partial charge in [0.05, 0.1) is 5.69 Å². The van der Waals surface area contributed by atoms with Crippen LogP contribution in [-0.2, 0) is 0 Å². The van der Waals surface area contributed by atoms with E-state index in [9.17, 15) is 29.8 Å². The highest BCUT2D eigenvalue weighted by molar-refractivity contribution is 6.21. The Morgan fingerprint density at radius 3 is 1.91 bits per heavy atom. The second-order valence-electron chi connectivity index (χ2n) is 7.55. The van der Waals surface area contributed by atoms with Gasteiger partial charge in [-0.3, -0.25) is 4.98 Å². The molecule has 0 radical (unpaired) electrons. The van der Waals surface area contributed by atoms with Crippen LogP contribution in [0, 0.1) is 62.8 Å². The number of allylic oxidation sites excluding steroid dienone is 5. The van der Waals surface area contributed by atoms with Crippen molar-refractivity contribution in [1.29, 1.82) is 21.0 Å². The average Bonchev–Trinajstić information content (AvgIpc) is 3.37. The van der Waals surface area contributed by atoms with E-state index in [0.29, 0.717) is 34.0 Å². The van der Waals surface area contributed by atoms with Crippen molar-refractivity contribution in [3.05, 3.63) is 105 Å². The van der Waals surface area contributed by atoms with Crippen molar-refractivity contribution in [2.24, 2.45) is 0 Å². The molecule has 35 heavy (non-hydrogen) atoms. The first-order valence-corrected chi connectivity index (χ1v) is 10.1. The lowest BCUT2D eigenvalue weighted by Gasteiger charge is -2.12. The number of rotatable bonds is 0. The van der Waals surface area contributed by atoms with Crippen molar-refractivity contribution in [1.82, 2.24) is 4.98 Å². The molecule has 2 aromatic carbocycles. The zero-order valence-electron chi connectivity index (χ0n) is 17.5. The van der Waals surface area contributed by atoms with Crippen molar-refractivity contribution in [2.45, 2.75) is 0 Å². The number of pyridine rings is 1. The minimum Gasteiger partial charge on any atom is -0.256 e. The zero-order chi connectivity index (χ0) is 24.9. The van der Waals surface area contributed by atoms with Gasteiger partial charge in [0.2, 0.25) is 0 Å². The predicted octanol–water partition coefficient (Wildman–Crippen LogP) is 5.60. The van der Waals surface area contributed by atoms with Gasteiger partial charge in [-0.1, -0.05) is 30.3 Å². The summed E-state index contributed by atoms with van der Waals surface area (Å²) in [7, 11) is 0. The third-order valence-corrected chi connectivity index (χ3v) is 5.91. The smallest absolute Gasteiger partial charge is 0.195 e. The summed E-state index contributed by atoms with van der Waals surface area (Å²) >= 11 is 0. The Labute approximate surface area is 196 Å². The number of halogens is 3. The van der Waals surface area contributed by atoms with Gasteiger partial charge < -0.3 is 0 Å². The highest BCUT2D eigenvalue weighted by Gasteiger charge is 2.41. The van der Waals surface area contributed by atoms with E-state index in [1.807, 2.05) is 0 Å². The van der Waals surface area contributed by atoms with Crippen LogP contribution in [0.15, 0.2) is 65.4 Å². The number of benzene rings is 2. The van der Waals surface area contributed by atoms with E-state index in [-0.39, 0.29) is 22.3 Å². The summed E-state index contributed by atoms with van der Waals surface area (Å²) in [6.07, 6.45) is 1.57. The Balaban J connectivity index is 2.12. The van der Waals surface area contributed by atoms with Crippen LogP contribution < -0.4 is 0 Å². The number of hydrogen-bond donors (Lipinski definition) is 0. The fraction of sp³-hybridized carbons (Fsp3) is 0. The fourth-order valence-corrected chi connectivity index (χ4v) is 4.60. The first-order chi connectivity index (χ1) is 17.0. The molecule has 2 aliphatic rings. The van der Waals surface area contributed by atoms with Crippen LogP contribution in [0.2, 0.25) is 0 Å². The summed E-state index contributed by atoms with van der Waals surface area (Å²) in [5.41, 5.74) is 0.209. The van der Waals surface area contributed by atoms with Crippen molar-refractivity contribution in [3.8, 4) is 35.5 Å². The number of nitrogens with zero attached hydrogens (tertiary/aromatic N) is 5. The highest BCUT2D eigenvalue weighted by atomic mass is 19.2. The highest BCUT2D eigenvalue weighted by Crippen LogP contribution is 2.56. The summed E-state index contributed by atoms with van der Waals surface area (Å²) in [4.78, 5) is 4.42. The third-order valence-electron chi connectivity index (χ3n) is 5.91. The minimum absolute atomic E-state index is 0.0145. The lowest BCUT2D eigenvalue weighted by molar-refractivity contribution is 0.445. The summed E-state index contributed by atoms with van der Waals surface area (Å²) < 4.78 is 44.0. The van der Waals surface area contributed by atoms with E-state index in [2.05, 4.69) is 4.98 Å². The Morgan fingerprint density at radius 1 is 0.657 bits per heavy atom. The Morgan fingerprint density at radius 2 is 1.26 bits per heavy atom. The summed E-state index contributed by atoms with van der Waals surface area (Å²) in [6.45, 7) is 0. The van der Waals surface area contributed by atoms with Gasteiger partial charge in [0.1, 0.15) is 35.4 Å². The maximum Gasteiger partial charge on any atom is 0.195 e. The lowest BCUT2D eigenvalue weighted by Crippen LogP contribution is -1.99. The molecule has 0 fully saturated rings. The standard InChI is InChI=1S/C27H8F3N5/c28-19-8-18-20(13(9-31)10-32)24(21(14(11-33)12-34)23(18)26(30)25(19)29)22-15-4-1-2-5-16(15)27-17(22)6-3-7-35-27/h1-8H/b24-22-. The number of nitriles is 4. The molecule has 3 aromatic rings. The van der Waals surface area contributed by atoms with E-state index in [4.69, 9.17) is 0 Å². The Kier molecular flexibility index (Phi) is 4.80.